The highest BCUT2D eigenvalue weighted by molar-refractivity contribution is 5.69. The molecule has 7 heteroatoms. The summed E-state index contributed by atoms with van der Waals surface area (Å²) in [6, 6.07) is 7.88. The maximum atomic E-state index is 10.5. The van der Waals surface area contributed by atoms with Gasteiger partial charge in [-0.3, -0.25) is 10.4 Å². The molecule has 0 aliphatic rings. The highest BCUT2D eigenvalue weighted by Gasteiger charge is 2.10. The monoisotopic (exact) mass is 264 g/mol. The lowest BCUT2D eigenvalue weighted by molar-refractivity contribution is -0.139. The van der Waals surface area contributed by atoms with E-state index in [2.05, 4.69) is 0 Å². The number of carbonyl (C=O) groups is 1. The van der Waals surface area contributed by atoms with Crippen LogP contribution in [0.2, 0.25) is 0 Å². The van der Waals surface area contributed by atoms with Gasteiger partial charge in [-0.25, -0.2) is 4.79 Å². The first kappa shape index (κ1) is 12.9. The largest absolute Gasteiger partial charge is 0.480 e. The minimum absolute atomic E-state index is 0.0199. The predicted octanol–water partition coefficient (Wildman–Crippen LogP) is 1.53. The molecule has 0 amide bonds. The number of ether oxygens (including phenoxy) is 1. The highest BCUT2D eigenvalue weighted by atomic mass is 16.8. The van der Waals surface area contributed by atoms with Gasteiger partial charge in [0.1, 0.15) is 5.75 Å². The van der Waals surface area contributed by atoms with Gasteiger partial charge < -0.3 is 14.4 Å². The Hall–Kier alpha value is -2.51. The van der Waals surface area contributed by atoms with E-state index in [0.29, 0.717) is 11.4 Å². The molecule has 0 unspecified atom stereocenters. The molecule has 0 saturated heterocycles. The van der Waals surface area contributed by atoms with E-state index in [9.17, 15) is 4.79 Å². The van der Waals surface area contributed by atoms with Gasteiger partial charge in [-0.1, -0.05) is 0 Å². The lowest BCUT2D eigenvalue weighted by Gasteiger charge is -2.14. The molecule has 1 heterocycles. The summed E-state index contributed by atoms with van der Waals surface area (Å²) in [6.07, 6.45) is 3.46. The Morgan fingerprint density at radius 2 is 1.95 bits per heavy atom. The first-order chi connectivity index (χ1) is 9.08. The second kappa shape index (κ2) is 5.42. The molecule has 0 atom stereocenters. The summed E-state index contributed by atoms with van der Waals surface area (Å²) >= 11 is 0. The molecule has 0 fully saturated rings. The van der Waals surface area contributed by atoms with Crippen LogP contribution in [0.4, 0.5) is 5.69 Å². The molecule has 3 N–H and O–H groups in total. The minimum atomic E-state index is -1.09. The van der Waals surface area contributed by atoms with E-state index in [0.717, 1.165) is 0 Å². The smallest absolute Gasteiger partial charge is 0.341 e. The van der Waals surface area contributed by atoms with Crippen LogP contribution in [0, 0.1) is 0 Å². The average molecular weight is 264 g/mol. The zero-order chi connectivity index (χ0) is 13.8. The highest BCUT2D eigenvalue weighted by Crippen LogP contribution is 2.27. The maximum absolute atomic E-state index is 10.5. The molecule has 0 bridgehead atoms. The van der Waals surface area contributed by atoms with Crippen LogP contribution in [0.3, 0.4) is 0 Å². The molecule has 0 radical (unpaired) electrons. The van der Waals surface area contributed by atoms with Crippen LogP contribution in [-0.4, -0.2) is 32.7 Å². The van der Waals surface area contributed by atoms with E-state index in [1.807, 2.05) is 0 Å². The lowest BCUT2D eigenvalue weighted by atomic mass is 10.2. The summed E-state index contributed by atoms with van der Waals surface area (Å²) in [5.74, 6) is -0.766. The fraction of sp³-hybridized carbons (Fsp3) is 0.0833. The third-order valence-electron chi connectivity index (χ3n) is 2.41. The summed E-state index contributed by atoms with van der Waals surface area (Å²) in [5.41, 5.74) is 0.628. The number of nitrogens with zero attached hydrogens (tertiary/aromatic N) is 2. The van der Waals surface area contributed by atoms with Crippen LogP contribution in [0.25, 0.3) is 5.69 Å². The van der Waals surface area contributed by atoms with Gasteiger partial charge in [0.15, 0.2) is 6.61 Å². The number of carboxylic acid groups (broad SMARTS) is 1. The van der Waals surface area contributed by atoms with Gasteiger partial charge in [-0.05, 0) is 30.3 Å². The van der Waals surface area contributed by atoms with Crippen molar-refractivity contribution in [2.45, 2.75) is 0 Å². The summed E-state index contributed by atoms with van der Waals surface area (Å²) in [7, 11) is 0. The molecule has 0 aliphatic carbocycles. The number of anilines is 1. The maximum Gasteiger partial charge on any atom is 0.341 e. The Kier molecular flexibility index (Phi) is 3.69. The Bertz CT molecular complexity index is 566. The van der Waals surface area contributed by atoms with Crippen LogP contribution >= 0.6 is 0 Å². The van der Waals surface area contributed by atoms with Gasteiger partial charge in [0.2, 0.25) is 0 Å². The molecule has 1 aromatic carbocycles. The minimum Gasteiger partial charge on any atom is -0.480 e. The molecular weight excluding hydrogens is 252 g/mol. The Labute approximate surface area is 108 Å². The molecule has 0 spiro atoms. The van der Waals surface area contributed by atoms with Crippen LogP contribution in [0.5, 0.6) is 5.75 Å². The standard InChI is InChI=1S/C12H12N2O5/c15-12(16)8-19-11-4-3-9(14(17)18)7-10(11)13-5-1-2-6-13/h1-7,17-18H,8H2,(H,15,16). The quantitative estimate of drug-likeness (QED) is 0.709. The number of hydrogen-bond acceptors (Lipinski definition) is 5. The summed E-state index contributed by atoms with van der Waals surface area (Å²) in [5, 5.41) is 26.6. The first-order valence-corrected chi connectivity index (χ1v) is 5.38. The molecule has 2 rings (SSSR count). The lowest BCUT2D eigenvalue weighted by Crippen LogP contribution is -2.13. The second-order valence-electron chi connectivity index (χ2n) is 3.71. The van der Waals surface area contributed by atoms with E-state index in [4.69, 9.17) is 20.3 Å². The van der Waals surface area contributed by atoms with Crippen LogP contribution in [-0.2, 0) is 4.79 Å². The Morgan fingerprint density at radius 1 is 1.26 bits per heavy atom. The van der Waals surface area contributed by atoms with Gasteiger partial charge in [0.05, 0.1) is 11.4 Å². The molecule has 100 valence electrons. The van der Waals surface area contributed by atoms with Gasteiger partial charge in [-0.2, -0.15) is 0 Å². The fourth-order valence-corrected chi connectivity index (χ4v) is 1.59. The Morgan fingerprint density at radius 3 is 2.53 bits per heavy atom. The van der Waals surface area contributed by atoms with E-state index in [1.165, 1.54) is 18.2 Å². The van der Waals surface area contributed by atoms with E-state index < -0.39 is 12.6 Å². The van der Waals surface area contributed by atoms with Crippen LogP contribution in [0.15, 0.2) is 42.7 Å². The molecular formula is C12H12N2O5. The number of hydrogen-bond donors (Lipinski definition) is 3. The van der Waals surface area contributed by atoms with Crippen molar-refractivity contribution >= 4 is 11.7 Å². The first-order valence-electron chi connectivity index (χ1n) is 5.38. The number of benzene rings is 1. The molecule has 2 aromatic rings. The average Bonchev–Trinajstić information content (AvgIpc) is 2.89. The normalized spacial score (nSPS) is 10.2. The SMILES string of the molecule is O=C(O)COc1ccc(N(O)O)cc1-n1cccc1. The van der Waals surface area contributed by atoms with E-state index >= 15 is 0 Å². The fourth-order valence-electron chi connectivity index (χ4n) is 1.59. The van der Waals surface area contributed by atoms with Gasteiger partial charge in [0.25, 0.3) is 0 Å². The van der Waals surface area contributed by atoms with Crippen molar-refractivity contribution in [1.82, 2.24) is 4.57 Å². The van der Waals surface area contributed by atoms with Crippen molar-refractivity contribution in [3.8, 4) is 11.4 Å². The topological polar surface area (TPSA) is 95.2 Å². The number of aliphatic carboxylic acids is 1. The van der Waals surface area contributed by atoms with Crippen molar-refractivity contribution in [2.75, 3.05) is 11.8 Å². The van der Waals surface area contributed by atoms with Crippen molar-refractivity contribution in [1.29, 1.82) is 0 Å². The summed E-state index contributed by atoms with van der Waals surface area (Å²) in [6.45, 7) is -0.477. The number of rotatable bonds is 5. The second-order valence-corrected chi connectivity index (χ2v) is 3.71. The van der Waals surface area contributed by atoms with Crippen LogP contribution < -0.4 is 9.96 Å². The summed E-state index contributed by atoms with van der Waals surface area (Å²) < 4.78 is 6.83. The van der Waals surface area contributed by atoms with Gasteiger partial charge >= 0.3 is 5.97 Å². The molecule has 0 saturated carbocycles. The zero-order valence-electron chi connectivity index (χ0n) is 9.80. The third-order valence-corrected chi connectivity index (χ3v) is 2.41. The number of aromatic nitrogens is 1. The van der Waals surface area contributed by atoms with Crippen molar-refractivity contribution in [3.63, 3.8) is 0 Å². The predicted molar refractivity (Wildman–Crippen MR) is 65.0 cm³/mol. The molecule has 19 heavy (non-hydrogen) atoms. The Balaban J connectivity index is 2.39. The van der Waals surface area contributed by atoms with Gasteiger partial charge in [0, 0.05) is 12.4 Å². The number of carboxylic acids is 1. The van der Waals surface area contributed by atoms with Gasteiger partial charge in [-0.15, -0.1) is 5.23 Å². The third kappa shape index (κ3) is 3.03. The van der Waals surface area contributed by atoms with Crippen molar-refractivity contribution in [3.05, 3.63) is 42.7 Å². The molecule has 0 aliphatic heterocycles. The zero-order valence-corrected chi connectivity index (χ0v) is 9.80. The van der Waals surface area contributed by atoms with Crippen molar-refractivity contribution < 1.29 is 25.1 Å². The van der Waals surface area contributed by atoms with E-state index in [1.54, 1.807) is 29.1 Å². The van der Waals surface area contributed by atoms with Crippen LogP contribution in [0.1, 0.15) is 0 Å². The molecule has 7 nitrogen and oxygen atoms in total. The van der Waals surface area contributed by atoms with Crippen molar-refractivity contribution in [2.24, 2.45) is 0 Å². The van der Waals surface area contributed by atoms with E-state index in [-0.39, 0.29) is 10.9 Å². The molecule has 1 aromatic heterocycles. The summed E-state index contributed by atoms with van der Waals surface area (Å²) in [4.78, 5) is 10.5.